The second-order valence-electron chi connectivity index (χ2n) is 5.28. The van der Waals surface area contributed by atoms with E-state index in [4.69, 9.17) is 4.42 Å². The van der Waals surface area contributed by atoms with E-state index in [-0.39, 0.29) is 5.82 Å². The predicted octanol–water partition coefficient (Wildman–Crippen LogP) is 2.11. The molecule has 3 rings (SSSR count). The molecule has 0 radical (unpaired) electrons. The third-order valence-corrected chi connectivity index (χ3v) is 3.56. The van der Waals surface area contributed by atoms with Crippen molar-refractivity contribution < 1.29 is 8.81 Å². The SMILES string of the molecule is CN=C(NCCc1nc(-c2ccco2)n[nH]1)NCc1ccccc1F. The summed E-state index contributed by atoms with van der Waals surface area (Å²) < 4.78 is 18.9. The van der Waals surface area contributed by atoms with Crippen LogP contribution in [0.3, 0.4) is 0 Å². The zero-order valence-corrected chi connectivity index (χ0v) is 13.8. The second-order valence-corrected chi connectivity index (χ2v) is 5.28. The van der Waals surface area contributed by atoms with Crippen LogP contribution in [-0.4, -0.2) is 34.7 Å². The van der Waals surface area contributed by atoms with Crippen molar-refractivity contribution in [2.75, 3.05) is 13.6 Å². The summed E-state index contributed by atoms with van der Waals surface area (Å²) in [5.41, 5.74) is 0.587. The standard InChI is InChI=1S/C17H19FN6O/c1-19-17(21-11-12-5-2-3-6-13(12)18)20-9-8-15-22-16(24-23-15)14-7-4-10-25-14/h2-7,10H,8-9,11H2,1H3,(H2,19,20,21)(H,22,23,24). The molecule has 0 amide bonds. The van der Waals surface area contributed by atoms with Crippen molar-refractivity contribution >= 4 is 5.96 Å². The summed E-state index contributed by atoms with van der Waals surface area (Å²) in [4.78, 5) is 8.49. The van der Waals surface area contributed by atoms with Crippen molar-refractivity contribution in [2.24, 2.45) is 4.99 Å². The highest BCUT2D eigenvalue weighted by molar-refractivity contribution is 5.79. The molecular formula is C17H19FN6O. The topological polar surface area (TPSA) is 91.1 Å². The first-order valence-electron chi connectivity index (χ1n) is 7.89. The Morgan fingerprint density at radius 1 is 1.24 bits per heavy atom. The number of halogens is 1. The number of benzene rings is 1. The summed E-state index contributed by atoms with van der Waals surface area (Å²) in [6.45, 7) is 0.959. The zero-order valence-electron chi connectivity index (χ0n) is 13.8. The lowest BCUT2D eigenvalue weighted by Gasteiger charge is -2.11. The number of hydrogen-bond donors (Lipinski definition) is 3. The molecule has 3 aromatic rings. The lowest BCUT2D eigenvalue weighted by atomic mass is 10.2. The van der Waals surface area contributed by atoms with Crippen molar-refractivity contribution in [3.63, 3.8) is 0 Å². The number of nitrogens with zero attached hydrogens (tertiary/aromatic N) is 3. The van der Waals surface area contributed by atoms with E-state index in [0.717, 1.165) is 5.82 Å². The summed E-state index contributed by atoms with van der Waals surface area (Å²) >= 11 is 0. The number of aromatic amines is 1. The fourth-order valence-electron chi connectivity index (χ4n) is 2.26. The Balaban J connectivity index is 1.46. The Morgan fingerprint density at radius 3 is 2.88 bits per heavy atom. The summed E-state index contributed by atoms with van der Waals surface area (Å²) in [6.07, 6.45) is 2.21. The number of rotatable bonds is 6. The third-order valence-electron chi connectivity index (χ3n) is 3.56. The molecule has 0 bridgehead atoms. The zero-order chi connectivity index (χ0) is 17.5. The van der Waals surface area contributed by atoms with Gasteiger partial charge < -0.3 is 15.1 Å². The molecule has 0 saturated carbocycles. The second kappa shape index (κ2) is 8.09. The smallest absolute Gasteiger partial charge is 0.216 e. The molecule has 2 aromatic heterocycles. The Labute approximate surface area is 144 Å². The lowest BCUT2D eigenvalue weighted by Crippen LogP contribution is -2.38. The van der Waals surface area contributed by atoms with Gasteiger partial charge in [-0.2, -0.15) is 5.10 Å². The van der Waals surface area contributed by atoms with E-state index in [1.54, 1.807) is 43.6 Å². The number of hydrogen-bond acceptors (Lipinski definition) is 4. The van der Waals surface area contributed by atoms with Gasteiger partial charge in [0.2, 0.25) is 5.82 Å². The van der Waals surface area contributed by atoms with Crippen LogP contribution in [0.1, 0.15) is 11.4 Å². The van der Waals surface area contributed by atoms with Gasteiger partial charge in [-0.05, 0) is 18.2 Å². The van der Waals surface area contributed by atoms with Gasteiger partial charge in [-0.1, -0.05) is 18.2 Å². The van der Waals surface area contributed by atoms with E-state index < -0.39 is 0 Å². The Morgan fingerprint density at radius 2 is 2.12 bits per heavy atom. The Bertz CT molecular complexity index is 827. The van der Waals surface area contributed by atoms with Crippen molar-refractivity contribution in [1.82, 2.24) is 25.8 Å². The molecule has 0 spiro atoms. The maximum absolute atomic E-state index is 13.6. The maximum Gasteiger partial charge on any atom is 0.216 e. The van der Waals surface area contributed by atoms with Crippen LogP contribution < -0.4 is 10.6 Å². The first kappa shape index (κ1) is 16.7. The lowest BCUT2D eigenvalue weighted by molar-refractivity contribution is 0.577. The fraction of sp³-hybridized carbons (Fsp3) is 0.235. The summed E-state index contributed by atoms with van der Waals surface area (Å²) in [7, 11) is 1.67. The van der Waals surface area contributed by atoms with Gasteiger partial charge in [0.15, 0.2) is 11.7 Å². The van der Waals surface area contributed by atoms with Crippen LogP contribution in [0.25, 0.3) is 11.6 Å². The summed E-state index contributed by atoms with van der Waals surface area (Å²) in [6, 6.07) is 10.2. The van der Waals surface area contributed by atoms with Gasteiger partial charge in [0.1, 0.15) is 11.6 Å². The van der Waals surface area contributed by atoms with Crippen LogP contribution in [0.2, 0.25) is 0 Å². The van der Waals surface area contributed by atoms with Crippen molar-refractivity contribution in [1.29, 1.82) is 0 Å². The molecule has 0 aliphatic heterocycles. The van der Waals surface area contributed by atoms with Gasteiger partial charge in [0, 0.05) is 32.1 Å². The van der Waals surface area contributed by atoms with E-state index in [1.807, 2.05) is 0 Å². The van der Waals surface area contributed by atoms with E-state index in [2.05, 4.69) is 30.8 Å². The van der Waals surface area contributed by atoms with Crippen LogP contribution in [0, 0.1) is 5.82 Å². The van der Waals surface area contributed by atoms with E-state index in [1.165, 1.54) is 6.07 Å². The van der Waals surface area contributed by atoms with Crippen molar-refractivity contribution in [3.8, 4) is 11.6 Å². The highest BCUT2D eigenvalue weighted by atomic mass is 19.1. The number of H-pyrrole nitrogens is 1. The molecule has 1 aromatic carbocycles. The molecule has 3 N–H and O–H groups in total. The molecule has 0 saturated heterocycles. The Kier molecular flexibility index (Phi) is 5.40. The van der Waals surface area contributed by atoms with Crippen molar-refractivity contribution in [2.45, 2.75) is 13.0 Å². The van der Waals surface area contributed by atoms with Gasteiger partial charge in [-0.25, -0.2) is 9.37 Å². The van der Waals surface area contributed by atoms with Crippen LogP contribution in [0.4, 0.5) is 4.39 Å². The van der Waals surface area contributed by atoms with Gasteiger partial charge in [-0.15, -0.1) is 0 Å². The van der Waals surface area contributed by atoms with E-state index in [0.29, 0.717) is 42.6 Å². The average Bonchev–Trinajstić information content (AvgIpc) is 3.30. The molecule has 25 heavy (non-hydrogen) atoms. The molecule has 7 nitrogen and oxygen atoms in total. The maximum atomic E-state index is 13.6. The van der Waals surface area contributed by atoms with E-state index in [9.17, 15) is 4.39 Å². The molecular weight excluding hydrogens is 323 g/mol. The normalized spacial score (nSPS) is 11.5. The quantitative estimate of drug-likeness (QED) is 0.471. The minimum Gasteiger partial charge on any atom is -0.461 e. The van der Waals surface area contributed by atoms with Crippen LogP contribution in [-0.2, 0) is 13.0 Å². The highest BCUT2D eigenvalue weighted by Crippen LogP contribution is 2.14. The average molecular weight is 342 g/mol. The number of guanidine groups is 1. The van der Waals surface area contributed by atoms with Crippen LogP contribution in [0.5, 0.6) is 0 Å². The van der Waals surface area contributed by atoms with Gasteiger partial charge in [-0.3, -0.25) is 10.1 Å². The predicted molar refractivity (Wildman–Crippen MR) is 92.4 cm³/mol. The largest absolute Gasteiger partial charge is 0.461 e. The first-order chi connectivity index (χ1) is 12.3. The van der Waals surface area contributed by atoms with Crippen LogP contribution in [0.15, 0.2) is 52.1 Å². The number of nitrogens with one attached hydrogen (secondary N) is 3. The first-order valence-corrected chi connectivity index (χ1v) is 7.89. The molecule has 0 unspecified atom stereocenters. The number of aromatic nitrogens is 3. The molecule has 0 aliphatic carbocycles. The minimum atomic E-state index is -0.238. The molecule has 0 fully saturated rings. The molecule has 2 heterocycles. The van der Waals surface area contributed by atoms with Gasteiger partial charge >= 0.3 is 0 Å². The summed E-state index contributed by atoms with van der Waals surface area (Å²) in [5.74, 6) is 2.25. The van der Waals surface area contributed by atoms with Gasteiger partial charge in [0.25, 0.3) is 0 Å². The van der Waals surface area contributed by atoms with Crippen molar-refractivity contribution in [3.05, 3.63) is 59.9 Å². The monoisotopic (exact) mass is 342 g/mol. The molecule has 0 atom stereocenters. The number of furan rings is 1. The Hall–Kier alpha value is -3.16. The minimum absolute atomic E-state index is 0.238. The van der Waals surface area contributed by atoms with Gasteiger partial charge in [0.05, 0.1) is 6.26 Å². The number of aliphatic imine (C=N–C) groups is 1. The fourth-order valence-corrected chi connectivity index (χ4v) is 2.26. The highest BCUT2D eigenvalue weighted by Gasteiger charge is 2.08. The molecule has 0 aliphatic rings. The summed E-state index contributed by atoms with van der Waals surface area (Å²) in [5, 5.41) is 13.2. The molecule has 130 valence electrons. The van der Waals surface area contributed by atoms with Crippen LogP contribution >= 0.6 is 0 Å². The third kappa shape index (κ3) is 4.43. The van der Waals surface area contributed by atoms with E-state index >= 15 is 0 Å². The molecule has 8 heteroatoms.